The minimum atomic E-state index is -0.980. The second kappa shape index (κ2) is 11.5. The van der Waals surface area contributed by atoms with E-state index in [-0.39, 0.29) is 25.0 Å². The number of nitrogens with one attached hydrogen (secondary N) is 2. The average Bonchev–Trinajstić information content (AvgIpc) is 2.63. The van der Waals surface area contributed by atoms with Gasteiger partial charge >= 0.3 is 6.09 Å². The van der Waals surface area contributed by atoms with Gasteiger partial charge in [0.25, 0.3) is 0 Å². The minimum absolute atomic E-state index is 0.0748. The van der Waals surface area contributed by atoms with Crippen molar-refractivity contribution < 1.29 is 24.2 Å². The average molecular weight is 464 g/mol. The first-order valence-corrected chi connectivity index (χ1v) is 11.4. The Hall–Kier alpha value is -2.61. The molecule has 0 saturated carbocycles. The summed E-state index contributed by atoms with van der Waals surface area (Å²) in [5.41, 5.74) is 0.234. The van der Waals surface area contributed by atoms with Crippen LogP contribution in [0.3, 0.4) is 0 Å². The number of hydrogen-bond acceptors (Lipinski definition) is 5. The lowest BCUT2D eigenvalue weighted by atomic mass is 9.95. The molecule has 2 atom stereocenters. The molecule has 0 aliphatic carbocycles. The maximum Gasteiger partial charge on any atom is 0.408 e. The third-order valence-electron chi connectivity index (χ3n) is 4.77. The Morgan fingerprint density at radius 2 is 1.64 bits per heavy atom. The Balaban J connectivity index is 3.45. The quantitative estimate of drug-likeness (QED) is 0.548. The Morgan fingerprint density at radius 1 is 1.06 bits per heavy atom. The maximum absolute atomic E-state index is 13.7. The van der Waals surface area contributed by atoms with E-state index in [0.717, 1.165) is 5.56 Å². The Bertz CT molecular complexity index is 824. The fourth-order valence-electron chi connectivity index (χ4n) is 3.38. The van der Waals surface area contributed by atoms with Crippen LogP contribution < -0.4 is 10.6 Å². The van der Waals surface area contributed by atoms with E-state index in [1.165, 1.54) is 4.90 Å². The van der Waals surface area contributed by atoms with Crippen LogP contribution in [0.25, 0.3) is 0 Å². The van der Waals surface area contributed by atoms with Crippen molar-refractivity contribution in [3.05, 3.63) is 35.4 Å². The maximum atomic E-state index is 13.7. The van der Waals surface area contributed by atoms with Crippen molar-refractivity contribution in [3.8, 4) is 0 Å². The largest absolute Gasteiger partial charge is 0.444 e. The zero-order valence-corrected chi connectivity index (χ0v) is 21.5. The van der Waals surface area contributed by atoms with E-state index in [0.29, 0.717) is 5.56 Å². The molecular weight excluding hydrogens is 422 g/mol. The number of aliphatic hydroxyl groups excluding tert-OH is 1. The molecule has 8 nitrogen and oxygen atoms in total. The van der Waals surface area contributed by atoms with Gasteiger partial charge in [-0.3, -0.25) is 9.59 Å². The molecule has 0 fully saturated rings. The lowest BCUT2D eigenvalue weighted by Crippen LogP contribution is -2.56. The topological polar surface area (TPSA) is 108 Å². The van der Waals surface area contributed by atoms with E-state index in [1.54, 1.807) is 46.8 Å². The van der Waals surface area contributed by atoms with E-state index < -0.39 is 35.2 Å². The van der Waals surface area contributed by atoms with Gasteiger partial charge in [-0.1, -0.05) is 38.1 Å². The van der Waals surface area contributed by atoms with E-state index >= 15 is 0 Å². The van der Waals surface area contributed by atoms with Crippen molar-refractivity contribution in [1.82, 2.24) is 15.5 Å². The number of carbonyl (C=O) groups is 3. The number of ether oxygens (including phenoxy) is 1. The molecule has 0 bridgehead atoms. The van der Waals surface area contributed by atoms with Crippen LogP contribution in [0.5, 0.6) is 0 Å². The summed E-state index contributed by atoms with van der Waals surface area (Å²) in [5.74, 6) is -1.12. The van der Waals surface area contributed by atoms with Crippen molar-refractivity contribution in [1.29, 1.82) is 0 Å². The molecule has 0 heterocycles. The highest BCUT2D eigenvalue weighted by Gasteiger charge is 2.38. The first-order chi connectivity index (χ1) is 15.1. The predicted molar refractivity (Wildman–Crippen MR) is 129 cm³/mol. The van der Waals surface area contributed by atoms with Crippen LogP contribution in [0.15, 0.2) is 24.3 Å². The second-order valence-corrected chi connectivity index (χ2v) is 10.6. The Morgan fingerprint density at radius 3 is 2.09 bits per heavy atom. The molecule has 0 spiro atoms. The zero-order chi connectivity index (χ0) is 25.6. The summed E-state index contributed by atoms with van der Waals surface area (Å²) in [4.78, 5) is 41.0. The van der Waals surface area contributed by atoms with Gasteiger partial charge < -0.3 is 25.4 Å². The van der Waals surface area contributed by atoms with E-state index in [4.69, 9.17) is 4.74 Å². The summed E-state index contributed by atoms with van der Waals surface area (Å²) < 4.78 is 5.34. The SMILES string of the molecule is Cc1ccccc1C(C(=O)NC(C)(C)C)N(CCO)C(=O)C(NC(=O)OC(C)(C)C)C(C)C. The molecule has 33 heavy (non-hydrogen) atoms. The molecule has 1 aromatic rings. The number of benzene rings is 1. The molecule has 8 heteroatoms. The fourth-order valence-corrected chi connectivity index (χ4v) is 3.38. The molecule has 0 radical (unpaired) electrons. The van der Waals surface area contributed by atoms with Crippen LogP contribution in [-0.2, 0) is 14.3 Å². The molecule has 3 N–H and O–H groups in total. The summed E-state index contributed by atoms with van der Waals surface area (Å²) in [5, 5.41) is 15.4. The van der Waals surface area contributed by atoms with Crippen molar-refractivity contribution in [3.63, 3.8) is 0 Å². The Kier molecular flexibility index (Phi) is 9.90. The van der Waals surface area contributed by atoms with Gasteiger partial charge in [0.05, 0.1) is 6.61 Å². The minimum Gasteiger partial charge on any atom is -0.444 e. The first-order valence-electron chi connectivity index (χ1n) is 11.4. The van der Waals surface area contributed by atoms with Crippen LogP contribution in [0.1, 0.15) is 72.6 Å². The van der Waals surface area contributed by atoms with Gasteiger partial charge in [-0.05, 0) is 65.5 Å². The fraction of sp³-hybridized carbons (Fsp3) is 0.640. The lowest BCUT2D eigenvalue weighted by molar-refractivity contribution is -0.144. The molecule has 0 aliphatic rings. The smallest absolute Gasteiger partial charge is 0.408 e. The molecule has 1 aromatic carbocycles. The highest BCUT2D eigenvalue weighted by molar-refractivity contribution is 5.92. The van der Waals surface area contributed by atoms with Gasteiger partial charge in [0.15, 0.2) is 0 Å². The van der Waals surface area contributed by atoms with Gasteiger partial charge in [0.1, 0.15) is 17.7 Å². The predicted octanol–water partition coefficient (Wildman–Crippen LogP) is 3.32. The summed E-state index contributed by atoms with van der Waals surface area (Å²) in [6, 6.07) is 5.41. The highest BCUT2D eigenvalue weighted by atomic mass is 16.6. The number of hydrogen-bond donors (Lipinski definition) is 3. The van der Waals surface area contributed by atoms with Crippen LogP contribution in [-0.4, -0.2) is 58.2 Å². The van der Waals surface area contributed by atoms with Gasteiger partial charge in [-0.2, -0.15) is 0 Å². The summed E-state index contributed by atoms with van der Waals surface area (Å²) in [6.45, 7) is 15.8. The third-order valence-corrected chi connectivity index (χ3v) is 4.77. The summed E-state index contributed by atoms with van der Waals surface area (Å²) in [7, 11) is 0. The van der Waals surface area contributed by atoms with Gasteiger partial charge in [-0.15, -0.1) is 0 Å². The van der Waals surface area contributed by atoms with Crippen molar-refractivity contribution in [2.24, 2.45) is 5.92 Å². The third kappa shape index (κ3) is 9.04. The van der Waals surface area contributed by atoms with Gasteiger partial charge in [0, 0.05) is 12.1 Å². The number of aliphatic hydroxyl groups is 1. The van der Waals surface area contributed by atoms with Crippen molar-refractivity contribution in [2.75, 3.05) is 13.2 Å². The summed E-state index contributed by atoms with van der Waals surface area (Å²) >= 11 is 0. The highest BCUT2D eigenvalue weighted by Crippen LogP contribution is 2.27. The summed E-state index contributed by atoms with van der Waals surface area (Å²) in [6.07, 6.45) is -0.718. The molecular formula is C25H41N3O5. The number of nitrogens with zero attached hydrogens (tertiary/aromatic N) is 1. The number of amides is 3. The standard InChI is InChI=1S/C25H41N3O5/c1-16(2)19(26-23(32)33-25(7,8)9)22(31)28(14-15-29)20(21(30)27-24(4,5)6)18-13-11-10-12-17(18)3/h10-13,16,19-20,29H,14-15H2,1-9H3,(H,26,32)(H,27,30). The van der Waals surface area contributed by atoms with Crippen LogP contribution in [0, 0.1) is 12.8 Å². The van der Waals surface area contributed by atoms with Crippen LogP contribution in [0.4, 0.5) is 4.79 Å². The molecule has 0 aliphatic heterocycles. The first kappa shape index (κ1) is 28.4. The van der Waals surface area contributed by atoms with E-state index in [1.807, 2.05) is 39.8 Å². The lowest BCUT2D eigenvalue weighted by Gasteiger charge is -2.37. The van der Waals surface area contributed by atoms with Crippen molar-refractivity contribution >= 4 is 17.9 Å². The number of aryl methyl sites for hydroxylation is 1. The normalized spacial score (nSPS) is 13.8. The second-order valence-electron chi connectivity index (χ2n) is 10.6. The molecule has 0 saturated heterocycles. The van der Waals surface area contributed by atoms with Crippen molar-refractivity contribution in [2.45, 2.75) is 85.5 Å². The molecule has 3 amide bonds. The molecule has 2 unspecified atom stereocenters. The van der Waals surface area contributed by atoms with Crippen LogP contribution >= 0.6 is 0 Å². The molecule has 0 aromatic heterocycles. The van der Waals surface area contributed by atoms with Crippen LogP contribution in [0.2, 0.25) is 0 Å². The van der Waals surface area contributed by atoms with E-state index in [2.05, 4.69) is 10.6 Å². The number of rotatable bonds is 8. The van der Waals surface area contributed by atoms with E-state index in [9.17, 15) is 19.5 Å². The van der Waals surface area contributed by atoms with Gasteiger partial charge in [-0.25, -0.2) is 4.79 Å². The molecule has 1 rings (SSSR count). The number of carbonyl (C=O) groups excluding carboxylic acids is 3. The molecule has 186 valence electrons. The number of alkyl carbamates (subject to hydrolysis) is 1. The monoisotopic (exact) mass is 463 g/mol. The zero-order valence-electron chi connectivity index (χ0n) is 21.5. The Labute approximate surface area is 198 Å². The van der Waals surface area contributed by atoms with Gasteiger partial charge in [0.2, 0.25) is 11.8 Å².